The lowest BCUT2D eigenvalue weighted by atomic mass is 10.1. The van der Waals surface area contributed by atoms with Crippen molar-refractivity contribution in [1.29, 1.82) is 0 Å². The molecule has 1 fully saturated rings. The molecule has 2 atom stereocenters. The molecular formula is C20H27Cl2FN4O2S. The summed E-state index contributed by atoms with van der Waals surface area (Å²) in [6.45, 7) is 6.95. The molecule has 30 heavy (non-hydrogen) atoms. The van der Waals surface area contributed by atoms with Crippen LogP contribution in [-0.2, 0) is 10.2 Å². The number of nitrogens with one attached hydrogen (secondary N) is 1. The van der Waals surface area contributed by atoms with Crippen LogP contribution in [0.5, 0.6) is 0 Å². The van der Waals surface area contributed by atoms with Crippen LogP contribution < -0.4 is 13.9 Å². The number of fused-ring (bicyclic) bond motifs is 1. The van der Waals surface area contributed by atoms with Crippen molar-refractivity contribution >= 4 is 52.1 Å². The molecule has 0 amide bonds. The fraction of sp³-hybridized carbons (Fsp3) is 0.400. The van der Waals surface area contributed by atoms with Gasteiger partial charge in [0, 0.05) is 38.3 Å². The van der Waals surface area contributed by atoms with Gasteiger partial charge in [0.05, 0.1) is 17.1 Å². The minimum absolute atomic E-state index is 0. The lowest BCUT2D eigenvalue weighted by Crippen LogP contribution is -2.55. The Kier molecular flexibility index (Phi) is 7.98. The largest absolute Gasteiger partial charge is 0.331 e. The molecule has 166 valence electrons. The topological polar surface area (TPSA) is 55.9 Å². The highest BCUT2D eigenvalue weighted by Crippen LogP contribution is 2.45. The average molecular weight is 477 g/mol. The molecule has 10 heteroatoms. The van der Waals surface area contributed by atoms with Crippen LogP contribution in [0.1, 0.15) is 13.8 Å². The van der Waals surface area contributed by atoms with E-state index in [0.717, 1.165) is 17.4 Å². The predicted octanol–water partition coefficient (Wildman–Crippen LogP) is 3.55. The zero-order chi connectivity index (χ0) is 19.9. The highest BCUT2D eigenvalue weighted by atomic mass is 35.5. The maximum atomic E-state index is 14.4. The standard InChI is InChI=1S/C20H25FN4O2S.2ClH/c1-15-13-23(14-16(2)22-15)11-12-24-19-9-5-6-10-20(19)25(28(24,26)27)18-8-4-3-7-17(18)21;;/h3-10,15-16,22H,11-14H2,1-2H3;2*1H. The van der Waals surface area contributed by atoms with Crippen LogP contribution in [-0.4, -0.2) is 51.6 Å². The van der Waals surface area contributed by atoms with Gasteiger partial charge in [0.15, 0.2) is 0 Å². The van der Waals surface area contributed by atoms with Crippen LogP contribution in [0, 0.1) is 5.82 Å². The molecule has 0 spiro atoms. The summed E-state index contributed by atoms with van der Waals surface area (Å²) in [5.41, 5.74) is 1.11. The van der Waals surface area contributed by atoms with Crippen LogP contribution in [0.2, 0.25) is 0 Å². The van der Waals surface area contributed by atoms with Gasteiger partial charge in [-0.15, -0.1) is 24.8 Å². The van der Waals surface area contributed by atoms with Crippen molar-refractivity contribution in [2.75, 3.05) is 34.8 Å². The number of piperazine rings is 1. The first-order chi connectivity index (χ1) is 13.4. The Morgan fingerprint density at radius 1 is 0.900 bits per heavy atom. The van der Waals surface area contributed by atoms with Crippen LogP contribution >= 0.6 is 24.8 Å². The van der Waals surface area contributed by atoms with Gasteiger partial charge in [0.1, 0.15) is 5.82 Å². The summed E-state index contributed by atoms with van der Waals surface area (Å²) < 4.78 is 43.7. The van der Waals surface area contributed by atoms with Crippen molar-refractivity contribution in [3.63, 3.8) is 0 Å². The molecule has 4 rings (SSSR count). The predicted molar refractivity (Wildman–Crippen MR) is 124 cm³/mol. The Morgan fingerprint density at radius 2 is 1.43 bits per heavy atom. The van der Waals surface area contributed by atoms with E-state index >= 15 is 0 Å². The number of hydrogen-bond acceptors (Lipinski definition) is 4. The molecule has 0 saturated carbocycles. The van der Waals surface area contributed by atoms with E-state index in [4.69, 9.17) is 0 Å². The van der Waals surface area contributed by atoms with Crippen LogP contribution in [0.3, 0.4) is 0 Å². The molecule has 1 saturated heterocycles. The van der Waals surface area contributed by atoms with Gasteiger partial charge in [-0.2, -0.15) is 8.42 Å². The van der Waals surface area contributed by atoms with E-state index in [9.17, 15) is 12.8 Å². The monoisotopic (exact) mass is 476 g/mol. The third-order valence-electron chi connectivity index (χ3n) is 5.20. The second-order valence-electron chi connectivity index (χ2n) is 7.51. The van der Waals surface area contributed by atoms with Crippen molar-refractivity contribution in [1.82, 2.24) is 10.2 Å². The van der Waals surface area contributed by atoms with E-state index in [1.54, 1.807) is 36.4 Å². The average Bonchev–Trinajstić information content (AvgIpc) is 2.86. The quantitative estimate of drug-likeness (QED) is 0.732. The minimum Gasteiger partial charge on any atom is -0.309 e. The van der Waals surface area contributed by atoms with E-state index in [1.807, 2.05) is 0 Å². The van der Waals surface area contributed by atoms with Gasteiger partial charge in [0.2, 0.25) is 0 Å². The van der Waals surface area contributed by atoms with Gasteiger partial charge in [-0.05, 0) is 38.1 Å². The maximum Gasteiger partial charge on any atom is 0.331 e. The summed E-state index contributed by atoms with van der Waals surface area (Å²) in [6.07, 6.45) is 0. The zero-order valence-electron chi connectivity index (χ0n) is 16.9. The second kappa shape index (κ2) is 9.70. The molecule has 0 radical (unpaired) electrons. The van der Waals surface area contributed by atoms with Gasteiger partial charge in [-0.25, -0.2) is 13.0 Å². The summed E-state index contributed by atoms with van der Waals surface area (Å²) in [7, 11) is -3.91. The molecule has 1 N–H and O–H groups in total. The highest BCUT2D eigenvalue weighted by molar-refractivity contribution is 7.95. The van der Waals surface area contributed by atoms with E-state index in [2.05, 4.69) is 24.1 Å². The zero-order valence-corrected chi connectivity index (χ0v) is 19.3. The molecular weight excluding hydrogens is 450 g/mol. The maximum absolute atomic E-state index is 14.4. The molecule has 2 aliphatic heterocycles. The van der Waals surface area contributed by atoms with E-state index < -0.39 is 16.0 Å². The minimum atomic E-state index is -3.91. The fourth-order valence-electron chi connectivity index (χ4n) is 4.16. The Morgan fingerprint density at radius 3 is 2.03 bits per heavy atom. The number of halogens is 3. The van der Waals surface area contributed by atoms with Crippen LogP contribution in [0.4, 0.5) is 21.5 Å². The van der Waals surface area contributed by atoms with Crippen molar-refractivity contribution in [2.24, 2.45) is 0 Å². The highest BCUT2D eigenvalue weighted by Gasteiger charge is 2.42. The number of benzene rings is 2. The second-order valence-corrected chi connectivity index (χ2v) is 9.21. The number of anilines is 3. The summed E-state index contributed by atoms with van der Waals surface area (Å²) in [5, 5.41) is 3.48. The SMILES string of the molecule is CC1CN(CCN2c3ccccc3N(c3ccccc3F)S2(=O)=O)CC(C)N1.Cl.Cl. The van der Waals surface area contributed by atoms with E-state index in [0.29, 0.717) is 36.5 Å². The first-order valence-electron chi connectivity index (χ1n) is 9.53. The molecule has 2 aliphatic rings. The Bertz CT molecular complexity index is 969. The fourth-order valence-corrected chi connectivity index (χ4v) is 5.87. The lowest BCUT2D eigenvalue weighted by molar-refractivity contribution is 0.178. The first kappa shape index (κ1) is 24.7. The number of rotatable bonds is 4. The molecule has 6 nitrogen and oxygen atoms in total. The molecule has 0 bridgehead atoms. The van der Waals surface area contributed by atoms with Crippen molar-refractivity contribution in [3.05, 3.63) is 54.3 Å². The Hall–Kier alpha value is -1.58. The van der Waals surface area contributed by atoms with Gasteiger partial charge in [-0.1, -0.05) is 24.3 Å². The van der Waals surface area contributed by atoms with E-state index in [-0.39, 0.29) is 30.5 Å². The smallest absolute Gasteiger partial charge is 0.309 e. The molecule has 2 aromatic carbocycles. The Labute approximate surface area is 190 Å². The molecule has 2 heterocycles. The number of hydrogen-bond donors (Lipinski definition) is 1. The summed E-state index contributed by atoms with van der Waals surface area (Å²) >= 11 is 0. The van der Waals surface area contributed by atoms with Gasteiger partial charge < -0.3 is 5.32 Å². The van der Waals surface area contributed by atoms with Crippen molar-refractivity contribution < 1.29 is 12.8 Å². The summed E-state index contributed by atoms with van der Waals surface area (Å²) in [5.74, 6) is -0.563. The van der Waals surface area contributed by atoms with Gasteiger partial charge in [0.25, 0.3) is 0 Å². The van der Waals surface area contributed by atoms with Crippen LogP contribution in [0.25, 0.3) is 0 Å². The molecule has 2 unspecified atom stereocenters. The van der Waals surface area contributed by atoms with Gasteiger partial charge in [-0.3, -0.25) is 4.90 Å². The first-order valence-corrected chi connectivity index (χ1v) is 10.9. The van der Waals surface area contributed by atoms with E-state index in [1.165, 1.54) is 16.4 Å². The van der Waals surface area contributed by atoms with Crippen molar-refractivity contribution in [2.45, 2.75) is 25.9 Å². The Balaban J connectivity index is 0.00000160. The third-order valence-corrected chi connectivity index (χ3v) is 6.99. The summed E-state index contributed by atoms with van der Waals surface area (Å²) in [4.78, 5) is 2.27. The number of para-hydroxylation sites is 3. The molecule has 0 aromatic heterocycles. The molecule has 0 aliphatic carbocycles. The summed E-state index contributed by atoms with van der Waals surface area (Å²) in [6, 6.07) is 13.8. The normalized spacial score (nSPS) is 22.8. The third kappa shape index (κ3) is 4.53. The van der Waals surface area contributed by atoms with Crippen LogP contribution in [0.15, 0.2) is 48.5 Å². The van der Waals surface area contributed by atoms with Crippen molar-refractivity contribution in [3.8, 4) is 0 Å². The van der Waals surface area contributed by atoms with Gasteiger partial charge >= 0.3 is 10.2 Å². The number of nitrogens with zero attached hydrogens (tertiary/aromatic N) is 3. The lowest BCUT2D eigenvalue weighted by Gasteiger charge is -2.36. The molecule has 2 aromatic rings.